The van der Waals surface area contributed by atoms with Crippen molar-refractivity contribution in [3.05, 3.63) is 94.0 Å². The van der Waals surface area contributed by atoms with Crippen LogP contribution in [0, 0.1) is 23.7 Å². The van der Waals surface area contributed by atoms with E-state index in [0.717, 1.165) is 12.8 Å². The van der Waals surface area contributed by atoms with E-state index in [4.69, 9.17) is 23.2 Å². The van der Waals surface area contributed by atoms with Crippen LogP contribution in [0.3, 0.4) is 0 Å². The Kier molecular flexibility index (Phi) is 5.42. The molecule has 0 spiro atoms. The van der Waals surface area contributed by atoms with Gasteiger partial charge in [-0.15, -0.1) is 0 Å². The predicted octanol–water partition coefficient (Wildman–Crippen LogP) is 6.17. The number of benzene rings is 3. The lowest BCUT2D eigenvalue weighted by atomic mass is 9.73. The van der Waals surface area contributed by atoms with E-state index in [-0.39, 0.29) is 41.4 Å². The fourth-order valence-corrected chi connectivity index (χ4v) is 6.66. The van der Waals surface area contributed by atoms with Gasteiger partial charge in [0.15, 0.2) is 0 Å². The minimum atomic E-state index is -0.367. The fraction of sp³-hybridized carbons (Fsp3) is 0.250. The van der Waals surface area contributed by atoms with Crippen molar-refractivity contribution in [3.63, 3.8) is 0 Å². The van der Waals surface area contributed by atoms with Crippen LogP contribution in [0.4, 0.5) is 11.4 Å². The van der Waals surface area contributed by atoms with Gasteiger partial charge in [0.05, 0.1) is 27.6 Å². The van der Waals surface area contributed by atoms with Crippen LogP contribution in [-0.2, 0) is 9.59 Å². The lowest BCUT2D eigenvalue weighted by Gasteiger charge is -2.28. The monoisotopic (exact) mass is 504 g/mol. The predicted molar refractivity (Wildman–Crippen MR) is 136 cm³/mol. The molecule has 2 aliphatic carbocycles. The highest BCUT2D eigenvalue weighted by molar-refractivity contribution is 6.42. The highest BCUT2D eigenvalue weighted by atomic mass is 35.5. The number of fused-ring (bicyclic) bond motifs is 5. The first-order chi connectivity index (χ1) is 16.9. The van der Waals surface area contributed by atoms with Gasteiger partial charge in [-0.25, -0.2) is 0 Å². The normalized spacial score (nSPS) is 26.8. The molecule has 2 saturated carbocycles. The zero-order chi connectivity index (χ0) is 24.3. The van der Waals surface area contributed by atoms with E-state index in [2.05, 4.69) is 17.4 Å². The Morgan fingerprint density at radius 1 is 0.829 bits per heavy atom. The molecular weight excluding hydrogens is 483 g/mol. The van der Waals surface area contributed by atoms with E-state index in [1.54, 1.807) is 42.5 Å². The topological polar surface area (TPSA) is 66.5 Å². The molecule has 3 amide bonds. The molecule has 3 aromatic carbocycles. The second-order valence-corrected chi connectivity index (χ2v) is 10.4. The summed E-state index contributed by atoms with van der Waals surface area (Å²) in [6.45, 7) is 0. The van der Waals surface area contributed by atoms with Gasteiger partial charge in [-0.3, -0.25) is 19.3 Å². The number of anilines is 2. The first kappa shape index (κ1) is 22.3. The van der Waals surface area contributed by atoms with Gasteiger partial charge in [-0.2, -0.15) is 0 Å². The maximum absolute atomic E-state index is 13.6. The van der Waals surface area contributed by atoms with Gasteiger partial charge < -0.3 is 5.32 Å². The third-order valence-electron chi connectivity index (χ3n) is 7.79. The number of carbonyl (C=O) groups is 3. The molecule has 1 saturated heterocycles. The molecule has 35 heavy (non-hydrogen) atoms. The first-order valence-corrected chi connectivity index (χ1v) is 12.5. The Morgan fingerprint density at radius 3 is 2.37 bits per heavy atom. The number of carbonyl (C=O) groups excluding carboxylic acids is 3. The zero-order valence-electron chi connectivity index (χ0n) is 18.7. The molecule has 1 N–H and O–H groups in total. The summed E-state index contributed by atoms with van der Waals surface area (Å²) in [5, 5.41) is 3.51. The second-order valence-electron chi connectivity index (χ2n) is 9.61. The summed E-state index contributed by atoms with van der Waals surface area (Å²) < 4.78 is 0. The maximum atomic E-state index is 13.6. The summed E-state index contributed by atoms with van der Waals surface area (Å²) in [6, 6.07) is 21.8. The zero-order valence-corrected chi connectivity index (χ0v) is 20.2. The van der Waals surface area contributed by atoms with Crippen LogP contribution in [0.5, 0.6) is 0 Å². The van der Waals surface area contributed by atoms with Crippen LogP contribution in [0.1, 0.15) is 34.7 Å². The van der Waals surface area contributed by atoms with Crippen LogP contribution in [0.15, 0.2) is 72.8 Å². The molecule has 7 heteroatoms. The van der Waals surface area contributed by atoms with Gasteiger partial charge in [0.25, 0.3) is 5.91 Å². The molecule has 0 unspecified atom stereocenters. The van der Waals surface area contributed by atoms with Crippen molar-refractivity contribution in [2.24, 2.45) is 23.7 Å². The molecule has 2 bridgehead atoms. The molecule has 1 heterocycles. The standard InChI is InChI=1S/C28H22Cl2N2O3/c29-22-10-9-18(14-23(22)30)31-26(33)16-7-4-8-19(11-16)32-27(34)24-17-12-20(15-5-2-1-3-6-15)21(13-17)25(24)28(32)35/h1-11,14,17,20-21,24-25H,12-13H2,(H,31,33)/t17-,20-,21+,24+,25-/m0/s1. The van der Waals surface area contributed by atoms with E-state index < -0.39 is 0 Å². The molecule has 3 fully saturated rings. The quantitative estimate of drug-likeness (QED) is 0.431. The van der Waals surface area contributed by atoms with Gasteiger partial charge in [0, 0.05) is 11.3 Å². The molecule has 176 valence electrons. The van der Waals surface area contributed by atoms with Crippen molar-refractivity contribution in [3.8, 4) is 0 Å². The molecule has 0 radical (unpaired) electrons. The van der Waals surface area contributed by atoms with Crippen LogP contribution >= 0.6 is 23.2 Å². The highest BCUT2D eigenvalue weighted by Crippen LogP contribution is 2.61. The number of imide groups is 1. The third kappa shape index (κ3) is 3.65. The number of nitrogens with zero attached hydrogens (tertiary/aromatic N) is 1. The largest absolute Gasteiger partial charge is 0.322 e. The Hall–Kier alpha value is -3.15. The van der Waals surface area contributed by atoms with Crippen molar-refractivity contribution in [1.82, 2.24) is 0 Å². The minimum Gasteiger partial charge on any atom is -0.322 e. The molecule has 3 aliphatic rings. The van der Waals surface area contributed by atoms with Crippen LogP contribution in [0.25, 0.3) is 0 Å². The number of hydrogen-bond acceptors (Lipinski definition) is 3. The van der Waals surface area contributed by atoms with Gasteiger partial charge in [-0.1, -0.05) is 59.6 Å². The summed E-state index contributed by atoms with van der Waals surface area (Å²) in [5.41, 5.74) is 2.53. The summed E-state index contributed by atoms with van der Waals surface area (Å²) in [5.74, 6) is -0.499. The molecule has 6 rings (SSSR count). The smallest absolute Gasteiger partial charge is 0.255 e. The lowest BCUT2D eigenvalue weighted by molar-refractivity contribution is -0.123. The average Bonchev–Trinajstić information content (AvgIpc) is 3.53. The Morgan fingerprint density at radius 2 is 1.60 bits per heavy atom. The number of rotatable bonds is 4. The maximum Gasteiger partial charge on any atom is 0.255 e. The first-order valence-electron chi connectivity index (χ1n) is 11.7. The molecule has 5 atom stereocenters. The van der Waals surface area contributed by atoms with Gasteiger partial charge in [-0.05, 0) is 72.6 Å². The highest BCUT2D eigenvalue weighted by Gasteiger charge is 2.64. The summed E-state index contributed by atoms with van der Waals surface area (Å²) in [7, 11) is 0. The number of hydrogen-bond donors (Lipinski definition) is 1. The Balaban J connectivity index is 1.25. The summed E-state index contributed by atoms with van der Waals surface area (Å²) >= 11 is 12.0. The van der Waals surface area contributed by atoms with Crippen LogP contribution < -0.4 is 10.2 Å². The molecule has 0 aromatic heterocycles. The van der Waals surface area contributed by atoms with Gasteiger partial charge in [0.1, 0.15) is 0 Å². The molecule has 1 aliphatic heterocycles. The molecule has 3 aromatic rings. The van der Waals surface area contributed by atoms with Gasteiger partial charge >= 0.3 is 0 Å². The van der Waals surface area contributed by atoms with Crippen molar-refractivity contribution in [1.29, 1.82) is 0 Å². The van der Waals surface area contributed by atoms with Crippen molar-refractivity contribution in [2.45, 2.75) is 18.8 Å². The summed E-state index contributed by atoms with van der Waals surface area (Å²) in [4.78, 5) is 41.2. The lowest BCUT2D eigenvalue weighted by Crippen LogP contribution is -2.33. The number of halogens is 2. The Labute approximate surface area is 213 Å². The molecule has 5 nitrogen and oxygen atoms in total. The fourth-order valence-electron chi connectivity index (χ4n) is 6.36. The van der Waals surface area contributed by atoms with Gasteiger partial charge in [0.2, 0.25) is 11.8 Å². The second kappa shape index (κ2) is 8.51. The van der Waals surface area contributed by atoms with E-state index in [0.29, 0.717) is 32.9 Å². The SMILES string of the molecule is O=C(Nc1ccc(Cl)c(Cl)c1)c1cccc(N2C(=O)[C@@H]3[C@@H]4C[C@@H]([C@@H]3C2=O)[C@H](c2ccccc2)C4)c1. The van der Waals surface area contributed by atoms with Crippen molar-refractivity contribution >= 4 is 52.3 Å². The molecular formula is C28H22Cl2N2O3. The van der Waals surface area contributed by atoms with Crippen LogP contribution in [-0.4, -0.2) is 17.7 Å². The minimum absolute atomic E-state index is 0.138. The van der Waals surface area contributed by atoms with E-state index in [9.17, 15) is 14.4 Å². The number of amides is 3. The Bertz CT molecular complexity index is 1360. The van der Waals surface area contributed by atoms with E-state index >= 15 is 0 Å². The van der Waals surface area contributed by atoms with Crippen molar-refractivity contribution < 1.29 is 14.4 Å². The summed E-state index contributed by atoms with van der Waals surface area (Å²) in [6.07, 6.45) is 1.86. The van der Waals surface area contributed by atoms with E-state index in [1.807, 2.05) is 18.2 Å². The average molecular weight is 505 g/mol. The van der Waals surface area contributed by atoms with Crippen molar-refractivity contribution in [2.75, 3.05) is 10.2 Å². The number of nitrogens with one attached hydrogen (secondary N) is 1. The van der Waals surface area contributed by atoms with Crippen LogP contribution in [0.2, 0.25) is 10.0 Å². The third-order valence-corrected chi connectivity index (χ3v) is 8.53. The van der Waals surface area contributed by atoms with E-state index in [1.165, 1.54) is 10.5 Å².